The van der Waals surface area contributed by atoms with Gasteiger partial charge in [-0.15, -0.1) is 0 Å². The third-order valence-corrected chi connectivity index (χ3v) is 5.40. The molecule has 1 saturated heterocycles. The van der Waals surface area contributed by atoms with Crippen molar-refractivity contribution in [3.8, 4) is 5.88 Å². The highest BCUT2D eigenvalue weighted by Crippen LogP contribution is 2.35. The minimum Gasteiger partial charge on any atom is -0.477 e. The Labute approximate surface area is 182 Å². The van der Waals surface area contributed by atoms with Crippen molar-refractivity contribution in [1.29, 1.82) is 0 Å². The Kier molecular flexibility index (Phi) is 5.80. The van der Waals surface area contributed by atoms with Crippen LogP contribution in [0.1, 0.15) is 62.5 Å². The number of carbonyl (C=O) groups excluding carboxylic acids is 1. The molecule has 8 heteroatoms. The van der Waals surface area contributed by atoms with Gasteiger partial charge in [0.25, 0.3) is 5.91 Å². The van der Waals surface area contributed by atoms with Crippen LogP contribution in [0.2, 0.25) is 0 Å². The molecule has 0 unspecified atom stereocenters. The third kappa shape index (κ3) is 4.47. The number of imidazole rings is 1. The molecule has 1 aliphatic heterocycles. The summed E-state index contributed by atoms with van der Waals surface area (Å²) in [4.78, 5) is 28.3. The Morgan fingerprint density at radius 1 is 1.26 bits per heavy atom. The van der Waals surface area contributed by atoms with E-state index in [4.69, 9.17) is 9.72 Å². The van der Waals surface area contributed by atoms with Gasteiger partial charge in [-0.1, -0.05) is 0 Å². The predicted octanol–water partition coefficient (Wildman–Crippen LogP) is 3.75. The van der Waals surface area contributed by atoms with Gasteiger partial charge in [-0.3, -0.25) is 14.2 Å². The molecule has 4 heterocycles. The molecule has 0 saturated carbocycles. The van der Waals surface area contributed by atoms with Crippen molar-refractivity contribution in [3.05, 3.63) is 48.2 Å². The van der Waals surface area contributed by atoms with E-state index in [-0.39, 0.29) is 17.4 Å². The zero-order valence-electron chi connectivity index (χ0n) is 18.6. The number of ether oxygens (including phenoxy) is 1. The Hall–Kier alpha value is -3.16. The van der Waals surface area contributed by atoms with Crippen molar-refractivity contribution in [2.75, 3.05) is 25.0 Å². The molecule has 8 nitrogen and oxygen atoms in total. The summed E-state index contributed by atoms with van der Waals surface area (Å²) in [5.74, 6) is 1.67. The van der Waals surface area contributed by atoms with E-state index in [1.807, 2.05) is 18.0 Å². The van der Waals surface area contributed by atoms with Crippen LogP contribution >= 0.6 is 0 Å². The van der Waals surface area contributed by atoms with Gasteiger partial charge >= 0.3 is 0 Å². The highest BCUT2D eigenvalue weighted by molar-refractivity contribution is 5.96. The summed E-state index contributed by atoms with van der Waals surface area (Å²) in [6.07, 6.45) is 8.86. The largest absolute Gasteiger partial charge is 0.477 e. The first-order valence-electron chi connectivity index (χ1n) is 10.8. The Morgan fingerprint density at radius 2 is 2.03 bits per heavy atom. The van der Waals surface area contributed by atoms with E-state index < -0.39 is 0 Å². The number of carbonyl (C=O) groups is 1. The number of likely N-dealkylation sites (tertiary alicyclic amines) is 1. The number of piperidine rings is 1. The molecule has 3 aromatic rings. The normalized spacial score (nSPS) is 15.3. The van der Waals surface area contributed by atoms with Crippen LogP contribution in [-0.4, -0.2) is 55.4 Å². The highest BCUT2D eigenvalue weighted by Gasteiger charge is 2.30. The summed E-state index contributed by atoms with van der Waals surface area (Å²) in [6.45, 7) is 10.1. The number of nitrogens with one attached hydrogen (secondary N) is 1. The average molecular weight is 423 g/mol. The first-order valence-corrected chi connectivity index (χ1v) is 10.8. The van der Waals surface area contributed by atoms with Crippen molar-refractivity contribution in [1.82, 2.24) is 24.3 Å². The van der Waals surface area contributed by atoms with Gasteiger partial charge in [0.15, 0.2) is 5.65 Å². The summed E-state index contributed by atoms with van der Waals surface area (Å²) in [7, 11) is 0. The zero-order chi connectivity index (χ0) is 22.0. The summed E-state index contributed by atoms with van der Waals surface area (Å²) in [5, 5.41) is 3.62. The summed E-state index contributed by atoms with van der Waals surface area (Å²) in [5.41, 5.74) is 2.31. The maximum absolute atomic E-state index is 13.1. The number of amides is 1. The minimum absolute atomic E-state index is 0.0257. The standard InChI is InChI=1S/C23H30N6O2/c1-5-31-21-17(7-6-10-25-21)22(30)28-12-8-16(9-13-28)19-20(27-23(2,3)4)29-14-11-24-15-18(29)26-19/h6-7,10-11,14-16,27H,5,8-9,12-13H2,1-4H3. The number of anilines is 1. The van der Waals surface area contributed by atoms with Crippen LogP contribution in [0.4, 0.5) is 5.82 Å². The van der Waals surface area contributed by atoms with E-state index in [2.05, 4.69) is 40.5 Å². The van der Waals surface area contributed by atoms with Crippen LogP contribution in [0.15, 0.2) is 36.9 Å². The van der Waals surface area contributed by atoms with Crippen molar-refractivity contribution in [2.24, 2.45) is 0 Å². The Bertz CT molecular complexity index is 1060. The van der Waals surface area contributed by atoms with E-state index in [0.29, 0.717) is 31.1 Å². The fraction of sp³-hybridized carbons (Fsp3) is 0.478. The summed E-state index contributed by atoms with van der Waals surface area (Å²) >= 11 is 0. The van der Waals surface area contributed by atoms with Gasteiger partial charge in [-0.05, 0) is 52.7 Å². The van der Waals surface area contributed by atoms with Crippen LogP contribution in [0.3, 0.4) is 0 Å². The lowest BCUT2D eigenvalue weighted by molar-refractivity contribution is 0.0707. The number of aromatic nitrogens is 4. The first-order chi connectivity index (χ1) is 14.9. The fourth-order valence-electron chi connectivity index (χ4n) is 4.02. The second kappa shape index (κ2) is 8.53. The van der Waals surface area contributed by atoms with Crippen LogP contribution < -0.4 is 10.1 Å². The van der Waals surface area contributed by atoms with E-state index >= 15 is 0 Å². The molecule has 164 valence electrons. The zero-order valence-corrected chi connectivity index (χ0v) is 18.6. The number of rotatable bonds is 5. The molecule has 4 rings (SSSR count). The number of hydrogen-bond acceptors (Lipinski definition) is 6. The molecule has 1 amide bonds. The number of pyridine rings is 1. The van der Waals surface area contributed by atoms with Gasteiger partial charge in [0.2, 0.25) is 5.88 Å². The van der Waals surface area contributed by atoms with E-state index in [9.17, 15) is 4.79 Å². The number of hydrogen-bond donors (Lipinski definition) is 1. The molecule has 3 aromatic heterocycles. The maximum Gasteiger partial charge on any atom is 0.259 e. The van der Waals surface area contributed by atoms with E-state index in [1.54, 1.807) is 30.7 Å². The van der Waals surface area contributed by atoms with Gasteiger partial charge in [0.05, 0.1) is 18.5 Å². The van der Waals surface area contributed by atoms with E-state index in [0.717, 1.165) is 30.0 Å². The lowest BCUT2D eigenvalue weighted by Gasteiger charge is -2.32. The van der Waals surface area contributed by atoms with Crippen LogP contribution in [0.5, 0.6) is 5.88 Å². The topological polar surface area (TPSA) is 84.7 Å². The van der Waals surface area contributed by atoms with Crippen LogP contribution in [0, 0.1) is 0 Å². The third-order valence-electron chi connectivity index (χ3n) is 5.40. The van der Waals surface area contributed by atoms with Gasteiger partial charge in [0, 0.05) is 43.1 Å². The van der Waals surface area contributed by atoms with Crippen molar-refractivity contribution in [2.45, 2.75) is 52.0 Å². The fourth-order valence-corrected chi connectivity index (χ4v) is 4.02. The molecule has 0 aromatic carbocycles. The molecule has 1 aliphatic rings. The smallest absolute Gasteiger partial charge is 0.259 e. The molecule has 0 spiro atoms. The summed E-state index contributed by atoms with van der Waals surface area (Å²) < 4.78 is 7.61. The Balaban J connectivity index is 1.54. The van der Waals surface area contributed by atoms with Gasteiger partial charge in [0.1, 0.15) is 11.4 Å². The Morgan fingerprint density at radius 3 is 2.74 bits per heavy atom. The molecule has 0 aliphatic carbocycles. The molecule has 0 bridgehead atoms. The number of fused-ring (bicyclic) bond motifs is 1. The molecular weight excluding hydrogens is 392 g/mol. The molecule has 1 fully saturated rings. The van der Waals surface area contributed by atoms with Gasteiger partial charge in [-0.25, -0.2) is 9.97 Å². The molecular formula is C23H30N6O2. The monoisotopic (exact) mass is 422 g/mol. The average Bonchev–Trinajstić information content (AvgIpc) is 3.11. The molecule has 0 radical (unpaired) electrons. The van der Waals surface area contributed by atoms with Crippen molar-refractivity contribution in [3.63, 3.8) is 0 Å². The first kappa shape index (κ1) is 21.1. The highest BCUT2D eigenvalue weighted by atomic mass is 16.5. The van der Waals surface area contributed by atoms with Crippen molar-refractivity contribution >= 4 is 17.4 Å². The van der Waals surface area contributed by atoms with E-state index in [1.165, 1.54) is 0 Å². The second-order valence-electron chi connectivity index (χ2n) is 8.88. The predicted molar refractivity (Wildman–Crippen MR) is 120 cm³/mol. The lowest BCUT2D eigenvalue weighted by Crippen LogP contribution is -2.38. The van der Waals surface area contributed by atoms with Gasteiger partial charge in [-0.2, -0.15) is 0 Å². The van der Waals surface area contributed by atoms with Crippen molar-refractivity contribution < 1.29 is 9.53 Å². The summed E-state index contributed by atoms with van der Waals surface area (Å²) in [6, 6.07) is 3.56. The van der Waals surface area contributed by atoms with Crippen LogP contribution in [-0.2, 0) is 0 Å². The number of nitrogens with zero attached hydrogens (tertiary/aromatic N) is 5. The lowest BCUT2D eigenvalue weighted by atomic mass is 9.92. The SMILES string of the molecule is CCOc1ncccc1C(=O)N1CCC(c2nc3cnccn3c2NC(C)(C)C)CC1. The maximum atomic E-state index is 13.1. The van der Waals surface area contributed by atoms with Crippen LogP contribution in [0.25, 0.3) is 5.65 Å². The van der Waals surface area contributed by atoms with Gasteiger partial charge < -0.3 is 15.0 Å². The quantitative estimate of drug-likeness (QED) is 0.674. The minimum atomic E-state index is -0.0966. The molecule has 0 atom stereocenters. The molecule has 1 N–H and O–H groups in total. The second-order valence-corrected chi connectivity index (χ2v) is 8.88. The molecule has 31 heavy (non-hydrogen) atoms.